The number of methoxy groups -OCH3 is 1. The molecule has 1 saturated heterocycles. The minimum Gasteiger partial charge on any atom is -0.497 e. The predicted molar refractivity (Wildman–Crippen MR) is 70.2 cm³/mol. The maximum atomic E-state index is 11.8. The van der Waals surface area contributed by atoms with Gasteiger partial charge in [0, 0.05) is 18.2 Å². The van der Waals surface area contributed by atoms with Crippen molar-refractivity contribution in [1.82, 2.24) is 0 Å². The van der Waals surface area contributed by atoms with E-state index < -0.39 is 0 Å². The Bertz CT molecular complexity index is 418. The number of nitrogens with zero attached hydrogens (tertiary/aromatic N) is 1. The Morgan fingerprint density at radius 2 is 2.31 bits per heavy atom. The zero-order valence-electron chi connectivity index (χ0n) is 8.80. The molecule has 0 aromatic heterocycles. The summed E-state index contributed by atoms with van der Waals surface area (Å²) in [6, 6.07) is 7.37. The Morgan fingerprint density at radius 1 is 1.50 bits per heavy atom. The van der Waals surface area contributed by atoms with Crippen LogP contribution in [0.15, 0.2) is 24.3 Å². The molecule has 1 aromatic rings. The summed E-state index contributed by atoms with van der Waals surface area (Å²) >= 11 is 6.73. The van der Waals surface area contributed by atoms with Crippen LogP contribution in [0.25, 0.3) is 0 Å². The Hall–Kier alpha value is -1.07. The average Bonchev–Trinajstić information content (AvgIpc) is 2.29. The standard InChI is InChI=1S/C11H11NO2S2/c1-14-9-4-2-3-8(7-9)12-10(13)5-6-16-11(12)15/h2-4,7H,5-6H2,1H3. The first kappa shape index (κ1) is 11.4. The highest BCUT2D eigenvalue weighted by Crippen LogP contribution is 2.28. The summed E-state index contributed by atoms with van der Waals surface area (Å²) in [6.07, 6.45) is 0.530. The van der Waals surface area contributed by atoms with Gasteiger partial charge in [-0.05, 0) is 12.1 Å². The molecule has 0 unspecified atom stereocenters. The van der Waals surface area contributed by atoms with Crippen LogP contribution < -0.4 is 9.64 Å². The summed E-state index contributed by atoms with van der Waals surface area (Å²) in [7, 11) is 1.60. The third-order valence-electron chi connectivity index (χ3n) is 2.28. The Morgan fingerprint density at radius 3 is 3.00 bits per heavy atom. The van der Waals surface area contributed by atoms with Crippen molar-refractivity contribution < 1.29 is 9.53 Å². The lowest BCUT2D eigenvalue weighted by Crippen LogP contribution is -2.37. The summed E-state index contributed by atoms with van der Waals surface area (Å²) < 4.78 is 5.74. The Kier molecular flexibility index (Phi) is 3.46. The smallest absolute Gasteiger partial charge is 0.233 e. The minimum absolute atomic E-state index is 0.0528. The number of hydrogen-bond acceptors (Lipinski definition) is 4. The zero-order chi connectivity index (χ0) is 11.5. The predicted octanol–water partition coefficient (Wildman–Crippen LogP) is 2.45. The maximum Gasteiger partial charge on any atom is 0.233 e. The van der Waals surface area contributed by atoms with Gasteiger partial charge in [0.2, 0.25) is 5.91 Å². The van der Waals surface area contributed by atoms with Gasteiger partial charge in [-0.25, -0.2) is 0 Å². The highest BCUT2D eigenvalue weighted by Gasteiger charge is 2.25. The van der Waals surface area contributed by atoms with E-state index in [0.717, 1.165) is 17.2 Å². The van der Waals surface area contributed by atoms with Crippen molar-refractivity contribution in [2.75, 3.05) is 17.8 Å². The van der Waals surface area contributed by atoms with Gasteiger partial charge in [0.05, 0.1) is 12.8 Å². The lowest BCUT2D eigenvalue weighted by Gasteiger charge is -2.26. The van der Waals surface area contributed by atoms with Crippen LogP contribution in [0.2, 0.25) is 0 Å². The topological polar surface area (TPSA) is 29.5 Å². The molecule has 3 nitrogen and oxygen atoms in total. The van der Waals surface area contributed by atoms with Gasteiger partial charge < -0.3 is 4.74 Å². The highest BCUT2D eigenvalue weighted by molar-refractivity contribution is 8.23. The average molecular weight is 253 g/mol. The number of thiocarbonyl (C=S) groups is 1. The SMILES string of the molecule is COc1cccc(N2C(=O)CCSC2=S)c1. The quantitative estimate of drug-likeness (QED) is 0.757. The number of ether oxygens (including phenoxy) is 1. The first-order valence-corrected chi connectivity index (χ1v) is 6.25. The fourth-order valence-electron chi connectivity index (χ4n) is 1.50. The molecule has 1 aliphatic heterocycles. The summed E-state index contributed by atoms with van der Waals surface area (Å²) in [5.41, 5.74) is 0.779. The van der Waals surface area contributed by atoms with Crippen LogP contribution in [0.3, 0.4) is 0 Å². The zero-order valence-corrected chi connectivity index (χ0v) is 10.4. The van der Waals surface area contributed by atoms with Gasteiger partial charge >= 0.3 is 0 Å². The fraction of sp³-hybridized carbons (Fsp3) is 0.273. The molecule has 5 heteroatoms. The second-order valence-corrected chi connectivity index (χ2v) is 5.02. The normalized spacial score (nSPS) is 16.4. The van der Waals surface area contributed by atoms with E-state index in [1.54, 1.807) is 12.0 Å². The van der Waals surface area contributed by atoms with Crippen molar-refractivity contribution >= 4 is 39.9 Å². The molecule has 1 heterocycles. The van der Waals surface area contributed by atoms with Gasteiger partial charge in [0.15, 0.2) is 0 Å². The minimum atomic E-state index is 0.0528. The van der Waals surface area contributed by atoms with E-state index in [4.69, 9.17) is 17.0 Å². The molecule has 16 heavy (non-hydrogen) atoms. The molecule has 2 rings (SSSR count). The van der Waals surface area contributed by atoms with Crippen LogP contribution in [0.1, 0.15) is 6.42 Å². The number of carbonyl (C=O) groups is 1. The van der Waals surface area contributed by atoms with Gasteiger partial charge in [-0.3, -0.25) is 9.69 Å². The van der Waals surface area contributed by atoms with Crippen molar-refractivity contribution in [2.24, 2.45) is 0 Å². The molecule has 1 aromatic carbocycles. The molecule has 0 aliphatic carbocycles. The molecule has 0 saturated carbocycles. The monoisotopic (exact) mass is 253 g/mol. The molecule has 0 radical (unpaired) electrons. The van der Waals surface area contributed by atoms with Crippen molar-refractivity contribution in [3.05, 3.63) is 24.3 Å². The van der Waals surface area contributed by atoms with Gasteiger partial charge in [0.1, 0.15) is 10.1 Å². The summed E-state index contributed by atoms with van der Waals surface area (Å²) in [5, 5.41) is 0. The van der Waals surface area contributed by atoms with Crippen LogP contribution in [0, 0.1) is 0 Å². The molecular formula is C11H11NO2S2. The molecular weight excluding hydrogens is 242 g/mol. The van der Waals surface area contributed by atoms with E-state index in [2.05, 4.69) is 0 Å². The van der Waals surface area contributed by atoms with Gasteiger partial charge in [-0.1, -0.05) is 30.0 Å². The van der Waals surface area contributed by atoms with Gasteiger partial charge in [-0.15, -0.1) is 0 Å². The molecule has 1 amide bonds. The lowest BCUT2D eigenvalue weighted by molar-refractivity contribution is -0.117. The largest absolute Gasteiger partial charge is 0.497 e. The third kappa shape index (κ3) is 2.20. The number of rotatable bonds is 2. The van der Waals surface area contributed by atoms with Crippen LogP contribution >= 0.6 is 24.0 Å². The molecule has 0 atom stereocenters. The van der Waals surface area contributed by atoms with Crippen LogP contribution in [-0.2, 0) is 4.79 Å². The van der Waals surface area contributed by atoms with Crippen LogP contribution in [0.5, 0.6) is 5.75 Å². The molecule has 1 aliphatic rings. The highest BCUT2D eigenvalue weighted by atomic mass is 32.2. The maximum absolute atomic E-state index is 11.8. The summed E-state index contributed by atoms with van der Waals surface area (Å²) in [4.78, 5) is 13.4. The van der Waals surface area contributed by atoms with Crippen LogP contribution in [0.4, 0.5) is 5.69 Å². The number of hydrogen-bond donors (Lipinski definition) is 0. The van der Waals surface area contributed by atoms with E-state index >= 15 is 0 Å². The molecule has 0 spiro atoms. The van der Waals surface area contributed by atoms with Crippen molar-refractivity contribution in [2.45, 2.75) is 6.42 Å². The fourth-order valence-corrected chi connectivity index (χ4v) is 2.75. The lowest BCUT2D eigenvalue weighted by atomic mass is 10.2. The Labute approximate surface area is 104 Å². The van der Waals surface area contributed by atoms with Gasteiger partial charge in [0.25, 0.3) is 0 Å². The van der Waals surface area contributed by atoms with E-state index in [9.17, 15) is 4.79 Å². The summed E-state index contributed by atoms with van der Waals surface area (Å²) in [5.74, 6) is 1.55. The second kappa shape index (κ2) is 4.84. The number of benzene rings is 1. The number of anilines is 1. The first-order chi connectivity index (χ1) is 7.72. The Balaban J connectivity index is 2.33. The molecule has 84 valence electrons. The second-order valence-electron chi connectivity index (χ2n) is 3.29. The van der Waals surface area contributed by atoms with Crippen molar-refractivity contribution in [3.63, 3.8) is 0 Å². The molecule has 1 fully saturated rings. The van der Waals surface area contributed by atoms with Crippen molar-refractivity contribution in [1.29, 1.82) is 0 Å². The molecule has 0 N–H and O–H groups in total. The van der Waals surface area contributed by atoms with E-state index in [1.807, 2.05) is 24.3 Å². The number of amides is 1. The van der Waals surface area contributed by atoms with E-state index in [0.29, 0.717) is 10.7 Å². The summed E-state index contributed by atoms with van der Waals surface area (Å²) in [6.45, 7) is 0. The van der Waals surface area contributed by atoms with Crippen molar-refractivity contribution in [3.8, 4) is 5.75 Å². The van der Waals surface area contributed by atoms with E-state index in [-0.39, 0.29) is 5.91 Å². The number of thioether (sulfide) groups is 1. The van der Waals surface area contributed by atoms with Crippen LogP contribution in [-0.4, -0.2) is 23.1 Å². The number of carbonyl (C=O) groups excluding carboxylic acids is 1. The van der Waals surface area contributed by atoms with Gasteiger partial charge in [-0.2, -0.15) is 0 Å². The third-order valence-corrected chi connectivity index (χ3v) is 3.66. The molecule has 0 bridgehead atoms. The van der Waals surface area contributed by atoms with E-state index in [1.165, 1.54) is 11.8 Å². The first-order valence-electron chi connectivity index (χ1n) is 4.86.